The third kappa shape index (κ3) is 5.31. The summed E-state index contributed by atoms with van der Waals surface area (Å²) in [6.07, 6.45) is 2.39. The van der Waals surface area contributed by atoms with Crippen LogP contribution >= 0.6 is 0 Å². The highest BCUT2D eigenvalue weighted by atomic mass is 16.3. The molecule has 0 aromatic carbocycles. The van der Waals surface area contributed by atoms with Gasteiger partial charge in [-0.05, 0) is 6.92 Å². The van der Waals surface area contributed by atoms with Gasteiger partial charge in [0.15, 0.2) is 0 Å². The van der Waals surface area contributed by atoms with Crippen molar-refractivity contribution in [3.63, 3.8) is 0 Å². The first kappa shape index (κ1) is 14.4. The number of hydrogen-bond donors (Lipinski definition) is 2. The fourth-order valence-corrected chi connectivity index (χ4v) is 1.01. The highest BCUT2D eigenvalue weighted by Crippen LogP contribution is 1.91. The van der Waals surface area contributed by atoms with Crippen LogP contribution < -0.4 is 5.32 Å². The Balaban J connectivity index is 4.30. The summed E-state index contributed by atoms with van der Waals surface area (Å²) in [7, 11) is 0. The van der Waals surface area contributed by atoms with Crippen molar-refractivity contribution in [2.75, 3.05) is 19.6 Å². The van der Waals surface area contributed by atoms with E-state index in [9.17, 15) is 9.59 Å². The van der Waals surface area contributed by atoms with E-state index in [4.69, 9.17) is 5.11 Å². The molecular weight excluding hydrogens is 208 g/mol. The molecule has 0 heterocycles. The number of carbonyl (C=O) groups excluding carboxylic acids is 2. The molecule has 16 heavy (non-hydrogen) atoms. The Morgan fingerprint density at radius 2 is 1.88 bits per heavy atom. The zero-order valence-corrected chi connectivity index (χ0v) is 9.48. The van der Waals surface area contributed by atoms with Crippen molar-refractivity contribution in [2.24, 2.45) is 0 Å². The average molecular weight is 226 g/mol. The molecule has 0 bridgehead atoms. The van der Waals surface area contributed by atoms with Gasteiger partial charge in [0.2, 0.25) is 0 Å². The monoisotopic (exact) mass is 226 g/mol. The lowest BCUT2D eigenvalue weighted by atomic mass is 10.3. The Morgan fingerprint density at radius 3 is 2.25 bits per heavy atom. The first-order valence-electron chi connectivity index (χ1n) is 4.99. The summed E-state index contributed by atoms with van der Waals surface area (Å²) >= 11 is 0. The van der Waals surface area contributed by atoms with Crippen LogP contribution in [0, 0.1) is 0 Å². The maximum absolute atomic E-state index is 11.6. The van der Waals surface area contributed by atoms with Gasteiger partial charge in [-0.25, -0.2) is 0 Å². The van der Waals surface area contributed by atoms with E-state index in [1.165, 1.54) is 24.0 Å². The topological polar surface area (TPSA) is 69.6 Å². The fraction of sp³-hybridized carbons (Fsp3) is 0.455. The normalized spacial score (nSPS) is 11.4. The first-order valence-corrected chi connectivity index (χ1v) is 4.99. The maximum atomic E-state index is 11.6. The molecule has 0 saturated carbocycles. The van der Waals surface area contributed by atoms with Crippen molar-refractivity contribution in [2.45, 2.75) is 13.0 Å². The van der Waals surface area contributed by atoms with Gasteiger partial charge in [0.1, 0.15) is 0 Å². The second-order valence-electron chi connectivity index (χ2n) is 3.35. The lowest BCUT2D eigenvalue weighted by molar-refractivity contribution is -0.145. The summed E-state index contributed by atoms with van der Waals surface area (Å²) in [4.78, 5) is 24.2. The summed E-state index contributed by atoms with van der Waals surface area (Å²) in [6.45, 7) is 9.15. The van der Waals surface area contributed by atoms with Crippen molar-refractivity contribution >= 4 is 11.8 Å². The quantitative estimate of drug-likeness (QED) is 0.482. The summed E-state index contributed by atoms with van der Waals surface area (Å²) in [5.41, 5.74) is 0. The van der Waals surface area contributed by atoms with E-state index < -0.39 is 17.9 Å². The Kier molecular flexibility index (Phi) is 6.87. The van der Waals surface area contributed by atoms with Gasteiger partial charge in [-0.15, -0.1) is 13.2 Å². The summed E-state index contributed by atoms with van der Waals surface area (Å²) in [6, 6.07) is 0. The predicted molar refractivity (Wildman–Crippen MR) is 61.7 cm³/mol. The Bertz CT molecular complexity index is 264. The molecule has 2 amide bonds. The van der Waals surface area contributed by atoms with Crippen molar-refractivity contribution < 1.29 is 14.7 Å². The first-order chi connectivity index (χ1) is 7.52. The number of hydrogen-bond acceptors (Lipinski definition) is 3. The SMILES string of the molecule is C=CCN(CC=C)C(=O)C(=O)NCC(C)O. The lowest BCUT2D eigenvalue weighted by Gasteiger charge is -2.18. The number of aliphatic hydroxyl groups excluding tert-OH is 1. The van der Waals surface area contributed by atoms with Gasteiger partial charge in [-0.1, -0.05) is 12.2 Å². The molecule has 0 radical (unpaired) electrons. The Hall–Kier alpha value is -1.62. The maximum Gasteiger partial charge on any atom is 0.312 e. The largest absolute Gasteiger partial charge is 0.392 e. The minimum Gasteiger partial charge on any atom is -0.392 e. The average Bonchev–Trinajstić information content (AvgIpc) is 2.24. The highest BCUT2D eigenvalue weighted by Gasteiger charge is 2.19. The number of nitrogens with one attached hydrogen (secondary N) is 1. The number of aliphatic hydroxyl groups is 1. The van der Waals surface area contributed by atoms with E-state index >= 15 is 0 Å². The molecule has 0 aliphatic rings. The minimum absolute atomic E-state index is 0.0561. The van der Waals surface area contributed by atoms with Gasteiger partial charge in [0.25, 0.3) is 0 Å². The number of nitrogens with zero attached hydrogens (tertiary/aromatic N) is 1. The Labute approximate surface area is 95.4 Å². The predicted octanol–water partition coefficient (Wildman–Crippen LogP) is -0.316. The molecule has 2 N–H and O–H groups in total. The number of rotatable bonds is 6. The number of amides is 2. The fourth-order valence-electron chi connectivity index (χ4n) is 1.01. The van der Waals surface area contributed by atoms with E-state index in [0.29, 0.717) is 0 Å². The number of carbonyl (C=O) groups is 2. The zero-order valence-electron chi connectivity index (χ0n) is 9.48. The van der Waals surface area contributed by atoms with Gasteiger partial charge in [-0.2, -0.15) is 0 Å². The lowest BCUT2D eigenvalue weighted by Crippen LogP contribution is -2.44. The third-order valence-corrected chi connectivity index (χ3v) is 1.74. The van der Waals surface area contributed by atoms with E-state index in [-0.39, 0.29) is 19.6 Å². The van der Waals surface area contributed by atoms with Crippen LogP contribution in [-0.4, -0.2) is 47.6 Å². The van der Waals surface area contributed by atoms with Gasteiger partial charge >= 0.3 is 11.8 Å². The Morgan fingerprint density at radius 1 is 1.38 bits per heavy atom. The van der Waals surface area contributed by atoms with E-state index in [0.717, 1.165) is 0 Å². The third-order valence-electron chi connectivity index (χ3n) is 1.74. The van der Waals surface area contributed by atoms with Crippen LogP contribution in [0.3, 0.4) is 0 Å². The second kappa shape index (κ2) is 7.64. The smallest absolute Gasteiger partial charge is 0.312 e. The standard InChI is InChI=1S/C11H18N2O3/c1-4-6-13(7-5-2)11(16)10(15)12-8-9(3)14/h4-5,9,14H,1-2,6-8H2,3H3,(H,12,15). The van der Waals surface area contributed by atoms with Crippen molar-refractivity contribution in [3.8, 4) is 0 Å². The second-order valence-corrected chi connectivity index (χ2v) is 3.35. The van der Waals surface area contributed by atoms with Gasteiger partial charge < -0.3 is 15.3 Å². The molecule has 0 aliphatic heterocycles. The van der Waals surface area contributed by atoms with E-state index in [1.807, 2.05) is 0 Å². The molecule has 0 aliphatic carbocycles. The molecule has 5 heteroatoms. The highest BCUT2D eigenvalue weighted by molar-refractivity contribution is 6.35. The van der Waals surface area contributed by atoms with Gasteiger partial charge in [-0.3, -0.25) is 9.59 Å². The van der Waals surface area contributed by atoms with Crippen LogP contribution in [-0.2, 0) is 9.59 Å². The molecule has 0 rings (SSSR count). The van der Waals surface area contributed by atoms with Crippen molar-refractivity contribution in [1.82, 2.24) is 10.2 Å². The van der Waals surface area contributed by atoms with E-state index in [2.05, 4.69) is 18.5 Å². The van der Waals surface area contributed by atoms with Crippen LogP contribution in [0.2, 0.25) is 0 Å². The molecule has 1 unspecified atom stereocenters. The molecule has 0 spiro atoms. The summed E-state index contributed by atoms with van der Waals surface area (Å²) in [5.74, 6) is -1.38. The minimum atomic E-state index is -0.732. The molecule has 0 aromatic rings. The van der Waals surface area contributed by atoms with Gasteiger partial charge in [0, 0.05) is 19.6 Å². The molecule has 0 saturated heterocycles. The van der Waals surface area contributed by atoms with Crippen LogP contribution in [0.4, 0.5) is 0 Å². The van der Waals surface area contributed by atoms with Crippen molar-refractivity contribution in [3.05, 3.63) is 25.3 Å². The van der Waals surface area contributed by atoms with Crippen LogP contribution in [0.15, 0.2) is 25.3 Å². The van der Waals surface area contributed by atoms with Crippen LogP contribution in [0.25, 0.3) is 0 Å². The zero-order chi connectivity index (χ0) is 12.6. The van der Waals surface area contributed by atoms with E-state index in [1.54, 1.807) is 0 Å². The molecule has 5 nitrogen and oxygen atoms in total. The molecule has 90 valence electrons. The molecular formula is C11H18N2O3. The summed E-state index contributed by atoms with van der Waals surface area (Å²) in [5, 5.41) is 11.3. The van der Waals surface area contributed by atoms with Crippen LogP contribution in [0.5, 0.6) is 0 Å². The molecule has 0 fully saturated rings. The molecule has 1 atom stereocenters. The van der Waals surface area contributed by atoms with Gasteiger partial charge in [0.05, 0.1) is 6.10 Å². The van der Waals surface area contributed by atoms with Crippen molar-refractivity contribution in [1.29, 1.82) is 0 Å². The van der Waals surface area contributed by atoms with Crippen LogP contribution in [0.1, 0.15) is 6.92 Å². The summed E-state index contributed by atoms with van der Waals surface area (Å²) < 4.78 is 0. The molecule has 0 aromatic heterocycles.